The van der Waals surface area contributed by atoms with E-state index in [0.717, 1.165) is 51.8 Å². The Morgan fingerprint density at radius 1 is 1.19 bits per heavy atom. The second kappa shape index (κ2) is 8.43. The van der Waals surface area contributed by atoms with Gasteiger partial charge in [-0.25, -0.2) is 0 Å². The summed E-state index contributed by atoms with van der Waals surface area (Å²) in [5.41, 5.74) is 0. The fourth-order valence-corrected chi connectivity index (χ4v) is 4.37. The van der Waals surface area contributed by atoms with E-state index in [-0.39, 0.29) is 6.10 Å². The Bertz CT molecular complexity index is 396. The van der Waals surface area contributed by atoms with Gasteiger partial charge in [-0.2, -0.15) is 17.4 Å². The second-order valence-electron chi connectivity index (χ2n) is 6.02. The summed E-state index contributed by atoms with van der Waals surface area (Å²) in [6.07, 6.45) is 5.24. The predicted molar refractivity (Wildman–Crippen MR) is 83.4 cm³/mol. The summed E-state index contributed by atoms with van der Waals surface area (Å²) in [4.78, 5) is 0. The Morgan fingerprint density at radius 3 is 2.76 bits per heavy atom. The molecule has 7 heteroatoms. The fraction of sp³-hybridized carbons (Fsp3) is 1.00. The highest BCUT2D eigenvalue weighted by Gasteiger charge is 2.29. The Labute approximate surface area is 128 Å². The van der Waals surface area contributed by atoms with E-state index < -0.39 is 10.2 Å². The predicted octanol–water partition coefficient (Wildman–Crippen LogP) is 0.711. The lowest BCUT2D eigenvalue weighted by Gasteiger charge is -2.32. The topological polar surface area (TPSA) is 70.7 Å². The van der Waals surface area contributed by atoms with Gasteiger partial charge in [0.1, 0.15) is 0 Å². The largest absolute Gasteiger partial charge is 0.377 e. The molecule has 0 saturated carbocycles. The maximum Gasteiger partial charge on any atom is 0.279 e. The highest BCUT2D eigenvalue weighted by Crippen LogP contribution is 2.18. The van der Waals surface area contributed by atoms with Crippen LogP contribution < -0.4 is 10.0 Å². The van der Waals surface area contributed by atoms with Crippen molar-refractivity contribution in [2.75, 3.05) is 39.3 Å². The average Bonchev–Trinajstić information content (AvgIpc) is 2.52. The summed E-state index contributed by atoms with van der Waals surface area (Å²) in [6, 6.07) is 0. The number of ether oxygens (including phenoxy) is 1. The monoisotopic (exact) mass is 319 g/mol. The molecule has 0 bridgehead atoms. The maximum absolute atomic E-state index is 12.4. The van der Waals surface area contributed by atoms with E-state index in [1.165, 1.54) is 0 Å². The lowest BCUT2D eigenvalue weighted by molar-refractivity contribution is 0.0197. The van der Waals surface area contributed by atoms with Crippen molar-refractivity contribution in [1.29, 1.82) is 0 Å². The van der Waals surface area contributed by atoms with E-state index in [0.29, 0.717) is 25.6 Å². The van der Waals surface area contributed by atoms with Crippen molar-refractivity contribution in [2.24, 2.45) is 5.92 Å². The minimum atomic E-state index is -3.37. The second-order valence-corrected chi connectivity index (χ2v) is 7.77. The summed E-state index contributed by atoms with van der Waals surface area (Å²) in [5.74, 6) is 0.418. The molecular weight excluding hydrogens is 290 g/mol. The fourth-order valence-electron chi connectivity index (χ4n) is 3.02. The molecule has 0 aromatic rings. The van der Waals surface area contributed by atoms with E-state index in [1.54, 1.807) is 4.31 Å². The zero-order valence-electron chi connectivity index (χ0n) is 13.0. The zero-order valence-corrected chi connectivity index (χ0v) is 13.8. The van der Waals surface area contributed by atoms with Crippen LogP contribution in [0.2, 0.25) is 0 Å². The van der Waals surface area contributed by atoms with Gasteiger partial charge < -0.3 is 10.1 Å². The van der Waals surface area contributed by atoms with Crippen LogP contribution in [0.3, 0.4) is 0 Å². The molecule has 0 radical (unpaired) electrons. The van der Waals surface area contributed by atoms with Gasteiger partial charge in [0, 0.05) is 26.2 Å². The van der Waals surface area contributed by atoms with Gasteiger partial charge in [-0.15, -0.1) is 0 Å². The molecule has 124 valence electrons. The van der Waals surface area contributed by atoms with Crippen molar-refractivity contribution in [3.05, 3.63) is 0 Å². The van der Waals surface area contributed by atoms with Crippen LogP contribution in [-0.4, -0.2) is 58.2 Å². The first-order valence-electron chi connectivity index (χ1n) is 8.19. The summed E-state index contributed by atoms with van der Waals surface area (Å²) in [6.45, 7) is 6.30. The molecule has 2 fully saturated rings. The molecule has 2 unspecified atom stereocenters. The van der Waals surface area contributed by atoms with E-state index in [4.69, 9.17) is 4.74 Å². The number of rotatable bonds is 7. The van der Waals surface area contributed by atoms with E-state index >= 15 is 0 Å². The molecule has 21 heavy (non-hydrogen) atoms. The summed E-state index contributed by atoms with van der Waals surface area (Å²) in [5, 5.41) is 3.31. The number of hydrogen-bond donors (Lipinski definition) is 2. The van der Waals surface area contributed by atoms with Crippen LogP contribution >= 0.6 is 0 Å². The van der Waals surface area contributed by atoms with Gasteiger partial charge in [0.2, 0.25) is 0 Å². The molecule has 6 nitrogen and oxygen atoms in total. The minimum absolute atomic E-state index is 0.0378. The average molecular weight is 319 g/mol. The summed E-state index contributed by atoms with van der Waals surface area (Å²) < 4.78 is 34.7. The van der Waals surface area contributed by atoms with Gasteiger partial charge in [-0.1, -0.05) is 6.92 Å². The van der Waals surface area contributed by atoms with Gasteiger partial charge in [0.25, 0.3) is 10.2 Å². The van der Waals surface area contributed by atoms with Gasteiger partial charge in [0.05, 0.1) is 6.10 Å². The molecule has 0 spiro atoms. The van der Waals surface area contributed by atoms with Crippen molar-refractivity contribution in [2.45, 2.75) is 45.1 Å². The number of nitrogens with one attached hydrogen (secondary N) is 2. The van der Waals surface area contributed by atoms with Crippen molar-refractivity contribution in [3.63, 3.8) is 0 Å². The van der Waals surface area contributed by atoms with Crippen molar-refractivity contribution in [1.82, 2.24) is 14.3 Å². The third-order valence-electron chi connectivity index (χ3n) is 4.27. The van der Waals surface area contributed by atoms with Crippen molar-refractivity contribution < 1.29 is 13.2 Å². The minimum Gasteiger partial charge on any atom is -0.377 e. The van der Waals surface area contributed by atoms with Crippen LogP contribution in [-0.2, 0) is 14.9 Å². The highest BCUT2D eigenvalue weighted by molar-refractivity contribution is 7.87. The van der Waals surface area contributed by atoms with E-state index in [9.17, 15) is 8.42 Å². The highest BCUT2D eigenvalue weighted by atomic mass is 32.2. The standard InChI is InChI=1S/C14H29N3O3S/c1-2-15-10-13-6-5-8-17(12-13)21(18,19)16-11-14-7-3-4-9-20-14/h13-16H,2-12H2,1H3. The van der Waals surface area contributed by atoms with Crippen LogP contribution in [0.25, 0.3) is 0 Å². The molecule has 2 saturated heterocycles. The first-order chi connectivity index (χ1) is 10.1. The van der Waals surface area contributed by atoms with Crippen LogP contribution in [0.5, 0.6) is 0 Å². The quantitative estimate of drug-likeness (QED) is 0.725. The maximum atomic E-state index is 12.4. The Kier molecular flexibility index (Phi) is 6.88. The molecule has 2 atom stereocenters. The molecule has 2 heterocycles. The smallest absolute Gasteiger partial charge is 0.279 e. The van der Waals surface area contributed by atoms with Crippen LogP contribution in [0.15, 0.2) is 0 Å². The number of nitrogens with zero attached hydrogens (tertiary/aromatic N) is 1. The molecular formula is C14H29N3O3S. The number of piperidine rings is 1. The van der Waals surface area contributed by atoms with Gasteiger partial charge in [0.15, 0.2) is 0 Å². The van der Waals surface area contributed by atoms with Crippen LogP contribution in [0.1, 0.15) is 39.0 Å². The Balaban J connectivity index is 1.80. The van der Waals surface area contributed by atoms with Gasteiger partial charge in [-0.05, 0) is 51.1 Å². The molecule has 0 amide bonds. The van der Waals surface area contributed by atoms with E-state index in [2.05, 4.69) is 17.0 Å². The molecule has 0 aliphatic carbocycles. The van der Waals surface area contributed by atoms with Crippen molar-refractivity contribution >= 4 is 10.2 Å². The van der Waals surface area contributed by atoms with Crippen LogP contribution in [0, 0.1) is 5.92 Å². The van der Waals surface area contributed by atoms with Crippen molar-refractivity contribution in [3.8, 4) is 0 Å². The first kappa shape index (κ1) is 17.1. The lowest BCUT2D eigenvalue weighted by atomic mass is 10.00. The Morgan fingerprint density at radius 2 is 2.05 bits per heavy atom. The van der Waals surface area contributed by atoms with Gasteiger partial charge >= 0.3 is 0 Å². The number of hydrogen-bond acceptors (Lipinski definition) is 4. The molecule has 2 rings (SSSR count). The summed E-state index contributed by atoms with van der Waals surface area (Å²) in [7, 11) is -3.37. The SMILES string of the molecule is CCNCC1CCCN(S(=O)(=O)NCC2CCCCO2)C1. The normalized spacial score (nSPS) is 28.6. The molecule has 0 aromatic carbocycles. The molecule has 2 aliphatic heterocycles. The first-order valence-corrected chi connectivity index (χ1v) is 9.63. The summed E-state index contributed by atoms with van der Waals surface area (Å²) >= 11 is 0. The molecule has 0 aromatic heterocycles. The third kappa shape index (κ3) is 5.49. The Hall–Kier alpha value is -0.210. The van der Waals surface area contributed by atoms with E-state index in [1.807, 2.05) is 0 Å². The molecule has 2 aliphatic rings. The van der Waals surface area contributed by atoms with Gasteiger partial charge in [-0.3, -0.25) is 0 Å². The van der Waals surface area contributed by atoms with Crippen LogP contribution in [0.4, 0.5) is 0 Å². The zero-order chi connectivity index (χ0) is 15.1. The molecule has 2 N–H and O–H groups in total. The lowest BCUT2D eigenvalue weighted by Crippen LogP contribution is -2.49. The third-order valence-corrected chi connectivity index (χ3v) is 5.81.